The molecule has 0 aliphatic carbocycles. The minimum atomic E-state index is -0.448. The van der Waals surface area contributed by atoms with Gasteiger partial charge in [0.25, 0.3) is 0 Å². The highest BCUT2D eigenvalue weighted by molar-refractivity contribution is 9.11. The van der Waals surface area contributed by atoms with E-state index in [4.69, 9.17) is 9.68 Å². The van der Waals surface area contributed by atoms with Gasteiger partial charge in [0, 0.05) is 32.5 Å². The first-order valence-corrected chi connectivity index (χ1v) is 9.82. The molecule has 0 aliphatic heterocycles. The Morgan fingerprint density at radius 1 is 1.29 bits per heavy atom. The van der Waals surface area contributed by atoms with E-state index in [1.165, 1.54) is 0 Å². The number of halogens is 2. The number of fused-ring (bicyclic) bond motifs is 2. The molecule has 28 heavy (non-hydrogen) atoms. The van der Waals surface area contributed by atoms with Gasteiger partial charge in [-0.15, -0.1) is 0 Å². The van der Waals surface area contributed by atoms with Gasteiger partial charge in [0.1, 0.15) is 12.1 Å². The summed E-state index contributed by atoms with van der Waals surface area (Å²) in [6, 6.07) is 15.2. The van der Waals surface area contributed by atoms with E-state index >= 15 is 0 Å². The van der Waals surface area contributed by atoms with E-state index < -0.39 is 5.91 Å². The predicted molar refractivity (Wildman–Crippen MR) is 114 cm³/mol. The summed E-state index contributed by atoms with van der Waals surface area (Å²) in [6.45, 7) is 0.240. The average molecular weight is 500 g/mol. The Morgan fingerprint density at radius 2 is 2.11 bits per heavy atom. The van der Waals surface area contributed by atoms with E-state index in [1.807, 2.05) is 47.2 Å². The van der Waals surface area contributed by atoms with Crippen molar-refractivity contribution in [3.63, 3.8) is 0 Å². The standard InChI is InChI=1S/C20H12Br2N4O2/c21-14-7-12-8-18(28-19(12)16(22)9-14)20(27)25-24-10-13-11-26(6-5-23)17-4-2-1-3-15(13)17/h1-4,7-11H,6H2,(H,25,27)/b24-10-. The van der Waals surface area contributed by atoms with Gasteiger partial charge in [0.2, 0.25) is 0 Å². The lowest BCUT2D eigenvalue weighted by atomic mass is 10.2. The third kappa shape index (κ3) is 3.46. The maximum absolute atomic E-state index is 12.4. The molecule has 0 aliphatic rings. The number of amides is 1. The van der Waals surface area contributed by atoms with Gasteiger partial charge in [-0.2, -0.15) is 10.4 Å². The SMILES string of the molecule is N#CCn1cc(/C=N\NC(=O)c2cc3cc(Br)cc(Br)c3o2)c2ccccc21. The molecule has 1 amide bonds. The van der Waals surface area contributed by atoms with Gasteiger partial charge in [-0.05, 0) is 40.2 Å². The van der Waals surface area contributed by atoms with Crippen LogP contribution >= 0.6 is 31.9 Å². The number of nitriles is 1. The van der Waals surface area contributed by atoms with E-state index in [-0.39, 0.29) is 12.3 Å². The van der Waals surface area contributed by atoms with Gasteiger partial charge < -0.3 is 8.98 Å². The van der Waals surface area contributed by atoms with E-state index in [9.17, 15) is 4.79 Å². The van der Waals surface area contributed by atoms with Crippen LogP contribution in [0.1, 0.15) is 16.1 Å². The Morgan fingerprint density at radius 3 is 2.93 bits per heavy atom. The normalized spacial score (nSPS) is 11.3. The molecule has 8 heteroatoms. The van der Waals surface area contributed by atoms with Crippen LogP contribution in [0.15, 0.2) is 67.1 Å². The number of nitrogens with one attached hydrogen (secondary N) is 1. The number of furan rings is 1. The molecule has 0 bridgehead atoms. The molecule has 4 rings (SSSR count). The van der Waals surface area contributed by atoms with Crippen molar-refractivity contribution in [2.24, 2.45) is 5.10 Å². The zero-order valence-electron chi connectivity index (χ0n) is 14.3. The fourth-order valence-electron chi connectivity index (χ4n) is 2.99. The maximum Gasteiger partial charge on any atom is 0.307 e. The Labute approximate surface area is 176 Å². The molecule has 0 atom stereocenters. The lowest BCUT2D eigenvalue weighted by Gasteiger charge is -1.96. The third-order valence-electron chi connectivity index (χ3n) is 4.19. The smallest absolute Gasteiger partial charge is 0.307 e. The molecule has 4 aromatic rings. The first kappa shape index (κ1) is 18.5. The van der Waals surface area contributed by atoms with Gasteiger partial charge in [0.15, 0.2) is 5.76 Å². The summed E-state index contributed by atoms with van der Waals surface area (Å²) < 4.78 is 9.11. The largest absolute Gasteiger partial charge is 0.450 e. The minimum Gasteiger partial charge on any atom is -0.450 e. The minimum absolute atomic E-state index is 0.165. The van der Waals surface area contributed by atoms with E-state index in [0.717, 1.165) is 30.8 Å². The van der Waals surface area contributed by atoms with Crippen LogP contribution in [0.25, 0.3) is 21.9 Å². The second kappa shape index (κ2) is 7.62. The molecule has 0 spiro atoms. The molecule has 0 radical (unpaired) electrons. The van der Waals surface area contributed by atoms with Crippen molar-refractivity contribution < 1.29 is 9.21 Å². The van der Waals surface area contributed by atoms with Crippen molar-refractivity contribution in [1.82, 2.24) is 9.99 Å². The fourth-order valence-corrected chi connectivity index (χ4v) is 4.33. The number of nitrogens with zero attached hydrogens (tertiary/aromatic N) is 3. The van der Waals surface area contributed by atoms with Crippen molar-refractivity contribution in [2.75, 3.05) is 0 Å². The molecule has 2 heterocycles. The van der Waals surface area contributed by atoms with E-state index in [2.05, 4.69) is 48.5 Å². The van der Waals surface area contributed by atoms with Crippen LogP contribution in [0.3, 0.4) is 0 Å². The number of hydrogen-bond acceptors (Lipinski definition) is 4. The van der Waals surface area contributed by atoms with Crippen LogP contribution in [-0.4, -0.2) is 16.7 Å². The van der Waals surface area contributed by atoms with Gasteiger partial charge in [0.05, 0.1) is 16.8 Å². The summed E-state index contributed by atoms with van der Waals surface area (Å²) >= 11 is 6.83. The van der Waals surface area contributed by atoms with Gasteiger partial charge in [-0.25, -0.2) is 5.43 Å². The highest BCUT2D eigenvalue weighted by atomic mass is 79.9. The Kier molecular flexibility index (Phi) is 5.03. The van der Waals surface area contributed by atoms with Crippen molar-refractivity contribution >= 4 is 65.9 Å². The number of para-hydroxylation sites is 1. The lowest BCUT2D eigenvalue weighted by Crippen LogP contribution is -2.16. The summed E-state index contributed by atoms with van der Waals surface area (Å²) in [5.74, 6) is -0.283. The van der Waals surface area contributed by atoms with Crippen molar-refractivity contribution in [1.29, 1.82) is 5.26 Å². The Balaban J connectivity index is 1.57. The summed E-state index contributed by atoms with van der Waals surface area (Å²) in [7, 11) is 0. The molecular formula is C20H12Br2N4O2. The first-order valence-electron chi connectivity index (χ1n) is 8.23. The van der Waals surface area contributed by atoms with Gasteiger partial charge in [-0.1, -0.05) is 34.1 Å². The second-order valence-electron chi connectivity index (χ2n) is 6.00. The molecule has 1 N–H and O–H groups in total. The van der Waals surface area contributed by atoms with Crippen molar-refractivity contribution in [3.8, 4) is 6.07 Å². The number of carbonyl (C=O) groups excluding carboxylic acids is 1. The zero-order chi connectivity index (χ0) is 19.7. The predicted octanol–water partition coefficient (Wildman–Crippen LogP) is 5.20. The first-order chi connectivity index (χ1) is 13.6. The molecule has 0 unspecified atom stereocenters. The number of benzene rings is 2. The van der Waals surface area contributed by atoms with Crippen LogP contribution in [-0.2, 0) is 6.54 Å². The molecular weight excluding hydrogens is 488 g/mol. The number of hydrogen-bond donors (Lipinski definition) is 1. The summed E-state index contributed by atoms with van der Waals surface area (Å²) in [6.07, 6.45) is 3.39. The van der Waals surface area contributed by atoms with Crippen LogP contribution < -0.4 is 5.43 Å². The fraction of sp³-hybridized carbons (Fsp3) is 0.0500. The highest BCUT2D eigenvalue weighted by Crippen LogP contribution is 2.31. The summed E-state index contributed by atoms with van der Waals surface area (Å²) in [4.78, 5) is 12.4. The Hall–Kier alpha value is -2.89. The number of aromatic nitrogens is 1. The molecule has 2 aromatic carbocycles. The van der Waals surface area contributed by atoms with Crippen LogP contribution in [0.5, 0.6) is 0 Å². The topological polar surface area (TPSA) is 83.3 Å². The number of carbonyl (C=O) groups is 1. The van der Waals surface area contributed by atoms with Crippen LogP contribution in [0.2, 0.25) is 0 Å². The molecule has 138 valence electrons. The Bertz CT molecular complexity index is 1280. The van der Waals surface area contributed by atoms with Crippen LogP contribution in [0.4, 0.5) is 0 Å². The molecule has 0 saturated carbocycles. The number of rotatable bonds is 4. The monoisotopic (exact) mass is 498 g/mol. The third-order valence-corrected chi connectivity index (χ3v) is 5.24. The summed E-state index contributed by atoms with van der Waals surface area (Å²) in [5.41, 5.74) is 4.82. The van der Waals surface area contributed by atoms with E-state index in [1.54, 1.807) is 12.3 Å². The van der Waals surface area contributed by atoms with Crippen molar-refractivity contribution in [3.05, 3.63) is 68.9 Å². The quantitative estimate of drug-likeness (QED) is 0.309. The van der Waals surface area contributed by atoms with Crippen molar-refractivity contribution in [2.45, 2.75) is 6.54 Å². The van der Waals surface area contributed by atoms with Gasteiger partial charge in [-0.3, -0.25) is 4.79 Å². The molecule has 6 nitrogen and oxygen atoms in total. The molecule has 0 saturated heterocycles. The molecule has 0 fully saturated rings. The van der Waals surface area contributed by atoms with Crippen LogP contribution in [0, 0.1) is 11.3 Å². The molecule has 2 aromatic heterocycles. The summed E-state index contributed by atoms with van der Waals surface area (Å²) in [5, 5.41) is 14.8. The number of hydrazone groups is 1. The maximum atomic E-state index is 12.4. The average Bonchev–Trinajstić information content (AvgIpc) is 3.25. The zero-order valence-corrected chi connectivity index (χ0v) is 17.5. The van der Waals surface area contributed by atoms with Gasteiger partial charge >= 0.3 is 5.91 Å². The second-order valence-corrected chi connectivity index (χ2v) is 7.77. The highest BCUT2D eigenvalue weighted by Gasteiger charge is 2.14. The lowest BCUT2D eigenvalue weighted by molar-refractivity contribution is 0.0929. The van der Waals surface area contributed by atoms with E-state index in [0.29, 0.717) is 5.58 Å².